The molecule has 0 unspecified atom stereocenters. The van der Waals surface area contributed by atoms with Gasteiger partial charge in [0.15, 0.2) is 0 Å². The van der Waals surface area contributed by atoms with Crippen molar-refractivity contribution >= 4 is 77.5 Å². The van der Waals surface area contributed by atoms with Crippen molar-refractivity contribution in [3.8, 4) is 0 Å². The van der Waals surface area contributed by atoms with Gasteiger partial charge >= 0.3 is 0 Å². The van der Waals surface area contributed by atoms with Crippen molar-refractivity contribution in [2.24, 2.45) is 0 Å². The summed E-state index contributed by atoms with van der Waals surface area (Å²) in [6, 6.07) is 20.4. The Morgan fingerprint density at radius 3 is 0.773 bits per heavy atom. The van der Waals surface area contributed by atoms with Gasteiger partial charge in [-0.05, 0) is 97.9 Å². The molecule has 0 atom stereocenters. The van der Waals surface area contributed by atoms with Gasteiger partial charge in [-0.3, -0.25) is 0 Å². The van der Waals surface area contributed by atoms with Crippen LogP contribution in [-0.2, 0) is 40.5 Å². The van der Waals surface area contributed by atoms with E-state index in [1.807, 2.05) is 0 Å². The maximum absolute atomic E-state index is 11.8. The third-order valence-electron chi connectivity index (χ3n) is 6.22. The zero-order valence-electron chi connectivity index (χ0n) is 22.1. The first kappa shape index (κ1) is 34.3. The van der Waals surface area contributed by atoms with E-state index in [1.54, 1.807) is 0 Å². The minimum atomic E-state index is -4.88. The largest absolute Gasteiger partial charge is 0.744 e. The van der Waals surface area contributed by atoms with Gasteiger partial charge in [0, 0.05) is 0 Å². The Balaban J connectivity index is 1.88. The number of hydrogen-bond donors (Lipinski definition) is 0. The zero-order chi connectivity index (χ0) is 32.5. The third kappa shape index (κ3) is 8.55. The van der Waals surface area contributed by atoms with E-state index in [2.05, 4.69) is 0 Å². The first-order valence-corrected chi connectivity index (χ1v) is 20.8. The quantitative estimate of drug-likeness (QED) is 0.156. The Kier molecular flexibility index (Phi) is 10.1. The van der Waals surface area contributed by atoms with Gasteiger partial charge in [-0.25, -0.2) is 33.7 Å². The number of rotatable bonds is 11. The molecule has 4 rings (SSSR count). The lowest BCUT2D eigenvalue weighted by Gasteiger charge is -2.26. The summed E-state index contributed by atoms with van der Waals surface area (Å²) < 4.78 is 141. The Morgan fingerprint density at radius 1 is 0.386 bits per heavy atom. The average molecular weight is 715 g/mol. The highest BCUT2D eigenvalue weighted by molar-refractivity contribution is 7.86. The first-order chi connectivity index (χ1) is 20.3. The van der Waals surface area contributed by atoms with Crippen molar-refractivity contribution < 1.29 is 51.9 Å². The van der Waals surface area contributed by atoms with Gasteiger partial charge in [-0.1, -0.05) is 48.5 Å². The van der Waals surface area contributed by atoms with Crippen molar-refractivity contribution in [2.75, 3.05) is 12.3 Å². The van der Waals surface area contributed by atoms with Crippen molar-refractivity contribution in [3.63, 3.8) is 0 Å². The van der Waals surface area contributed by atoms with Gasteiger partial charge in [0.1, 0.15) is 40.5 Å². The summed E-state index contributed by atoms with van der Waals surface area (Å²) in [5.74, 6) is 0. The molecule has 0 bridgehead atoms. The molecule has 0 fully saturated rings. The lowest BCUT2D eigenvalue weighted by Crippen LogP contribution is -2.22. The van der Waals surface area contributed by atoms with E-state index < -0.39 is 75.9 Å². The molecule has 0 saturated heterocycles. The Labute approximate surface area is 257 Å². The standard InChI is InChI=1S/C26H24O12P2S4/c27-41(28,29)23-9-1-5-19(15-23)39(20-6-2-10-24(16-20)42(30,31)32)13-14-40(21-7-3-11-25(17-21)43(33,34)35)22-8-4-12-26(18-22)44(36,37)38/h1-12,15-18H,13-14H2,(H,27,28,29)(H,30,31,32)(H,33,34,35)(H,36,37,38)/p-4. The van der Waals surface area contributed by atoms with E-state index in [1.165, 1.54) is 48.5 Å². The summed E-state index contributed by atoms with van der Waals surface area (Å²) in [4.78, 5) is -2.17. The van der Waals surface area contributed by atoms with E-state index in [9.17, 15) is 51.9 Å². The molecule has 0 heterocycles. The van der Waals surface area contributed by atoms with E-state index in [4.69, 9.17) is 0 Å². The van der Waals surface area contributed by atoms with Gasteiger partial charge in [-0.2, -0.15) is 0 Å². The fraction of sp³-hybridized carbons (Fsp3) is 0.0769. The maximum Gasteiger partial charge on any atom is 0.124 e. The van der Waals surface area contributed by atoms with Crippen LogP contribution < -0.4 is 21.2 Å². The molecule has 12 nitrogen and oxygen atoms in total. The van der Waals surface area contributed by atoms with Crippen molar-refractivity contribution in [1.29, 1.82) is 0 Å². The Bertz CT molecular complexity index is 1850. The fourth-order valence-corrected chi connectivity index (χ4v) is 12.1. The van der Waals surface area contributed by atoms with Gasteiger partial charge in [0.25, 0.3) is 0 Å². The van der Waals surface area contributed by atoms with E-state index in [0.29, 0.717) is 21.2 Å². The monoisotopic (exact) mass is 714 g/mol. The molecule has 0 amide bonds. The number of benzene rings is 4. The van der Waals surface area contributed by atoms with Crippen LogP contribution in [0.4, 0.5) is 0 Å². The molecule has 44 heavy (non-hydrogen) atoms. The zero-order valence-corrected chi connectivity index (χ0v) is 27.1. The minimum Gasteiger partial charge on any atom is -0.744 e. The maximum atomic E-state index is 11.8. The highest BCUT2D eigenvalue weighted by Crippen LogP contribution is 2.42. The summed E-state index contributed by atoms with van der Waals surface area (Å²) in [6.45, 7) is 0. The molecule has 0 spiro atoms. The Morgan fingerprint density at radius 2 is 0.591 bits per heavy atom. The predicted molar refractivity (Wildman–Crippen MR) is 160 cm³/mol. The van der Waals surface area contributed by atoms with Gasteiger partial charge in [-0.15, -0.1) is 0 Å². The summed E-state index contributed by atoms with van der Waals surface area (Å²) in [5, 5.41) is 1.33. The second-order valence-corrected chi connectivity index (χ2v) is 19.3. The first-order valence-electron chi connectivity index (χ1n) is 12.1. The highest BCUT2D eigenvalue weighted by Gasteiger charge is 2.22. The van der Waals surface area contributed by atoms with Crippen LogP contribution in [0, 0.1) is 0 Å². The topological polar surface area (TPSA) is 229 Å². The van der Waals surface area contributed by atoms with Crippen molar-refractivity contribution in [3.05, 3.63) is 97.1 Å². The number of hydrogen-bond acceptors (Lipinski definition) is 12. The molecule has 0 aromatic heterocycles. The molecule has 0 aliphatic rings. The third-order valence-corrected chi connectivity index (χ3v) is 14.8. The normalized spacial score (nSPS) is 13.0. The molecule has 0 aliphatic carbocycles. The molecule has 18 heteroatoms. The highest BCUT2D eigenvalue weighted by atomic mass is 32.2. The van der Waals surface area contributed by atoms with Gasteiger partial charge < -0.3 is 18.2 Å². The van der Waals surface area contributed by atoms with Crippen LogP contribution in [0.25, 0.3) is 0 Å². The molecule has 234 valence electrons. The molecule has 0 radical (unpaired) electrons. The molecular formula is C26H20O12P2S4-4. The van der Waals surface area contributed by atoms with Gasteiger partial charge in [0.2, 0.25) is 0 Å². The molecule has 0 saturated carbocycles. The molecule has 4 aromatic rings. The summed E-state index contributed by atoms with van der Waals surface area (Å²) in [6.07, 6.45) is 0.239. The summed E-state index contributed by atoms with van der Waals surface area (Å²) in [5.41, 5.74) is 0. The van der Waals surface area contributed by atoms with Crippen LogP contribution in [0.1, 0.15) is 0 Å². The van der Waals surface area contributed by atoms with Crippen LogP contribution >= 0.6 is 15.8 Å². The van der Waals surface area contributed by atoms with Gasteiger partial charge in [0.05, 0.1) is 19.6 Å². The summed E-state index contributed by atoms with van der Waals surface area (Å²) in [7, 11) is -22.9. The molecule has 0 N–H and O–H groups in total. The van der Waals surface area contributed by atoms with Crippen LogP contribution in [0.3, 0.4) is 0 Å². The van der Waals surface area contributed by atoms with Crippen LogP contribution in [0.15, 0.2) is 117 Å². The van der Waals surface area contributed by atoms with E-state index in [-0.39, 0.29) is 12.3 Å². The lowest BCUT2D eigenvalue weighted by atomic mass is 10.4. The second kappa shape index (κ2) is 13.0. The smallest absolute Gasteiger partial charge is 0.124 e. The predicted octanol–water partition coefficient (Wildman–Crippen LogP) is 0.869. The van der Waals surface area contributed by atoms with Crippen LogP contribution in [0.5, 0.6) is 0 Å². The average Bonchev–Trinajstić information content (AvgIpc) is 2.94. The fourth-order valence-electron chi connectivity index (χ4n) is 4.24. The van der Waals surface area contributed by atoms with Crippen molar-refractivity contribution in [2.45, 2.75) is 19.6 Å². The lowest BCUT2D eigenvalue weighted by molar-refractivity contribution is 0.461. The molecule has 4 aromatic carbocycles. The van der Waals surface area contributed by atoms with E-state index in [0.717, 1.165) is 48.5 Å². The van der Waals surface area contributed by atoms with Crippen molar-refractivity contribution in [1.82, 2.24) is 0 Å². The van der Waals surface area contributed by atoms with Crippen LogP contribution in [-0.4, -0.2) is 64.2 Å². The van der Waals surface area contributed by atoms with E-state index >= 15 is 0 Å². The minimum absolute atomic E-state index is 0.120. The SMILES string of the molecule is O=S(=O)([O-])c1cccc(P(CCP(c2cccc(S(=O)(=O)[O-])c2)c2cccc(S(=O)(=O)[O-])c2)c2cccc(S(=O)(=O)[O-])c2)c1. The molecule has 0 aliphatic heterocycles. The molecular weight excluding hydrogens is 694 g/mol. The Hall–Kier alpha value is -2.62. The summed E-state index contributed by atoms with van der Waals surface area (Å²) >= 11 is 0. The van der Waals surface area contributed by atoms with Crippen LogP contribution in [0.2, 0.25) is 0 Å². The second-order valence-electron chi connectivity index (χ2n) is 9.11.